The van der Waals surface area contributed by atoms with Crippen LogP contribution in [0.5, 0.6) is 0 Å². The molecule has 0 aliphatic carbocycles. The van der Waals surface area contributed by atoms with E-state index >= 15 is 0 Å². The van der Waals surface area contributed by atoms with Crippen molar-refractivity contribution in [2.45, 2.75) is 38.3 Å². The van der Waals surface area contributed by atoms with Crippen LogP contribution < -0.4 is 21.7 Å². The van der Waals surface area contributed by atoms with Gasteiger partial charge in [-0.05, 0) is 69.2 Å². The monoisotopic (exact) mass is 596 g/mol. The Balaban J connectivity index is 1.20. The predicted octanol–water partition coefficient (Wildman–Crippen LogP) is 2.97. The van der Waals surface area contributed by atoms with E-state index in [1.165, 1.54) is 0 Å². The Morgan fingerprint density at radius 3 is 2.86 bits per heavy atom. The summed E-state index contributed by atoms with van der Waals surface area (Å²) < 4.78 is 3.80. The van der Waals surface area contributed by atoms with Gasteiger partial charge in [0, 0.05) is 44.0 Å². The molecule has 0 bridgehead atoms. The fourth-order valence-electron chi connectivity index (χ4n) is 5.97. The van der Waals surface area contributed by atoms with Crippen molar-refractivity contribution in [3.8, 4) is 0 Å². The number of rotatable bonds is 11. The van der Waals surface area contributed by atoms with Crippen molar-refractivity contribution in [1.82, 2.24) is 34.8 Å². The van der Waals surface area contributed by atoms with Crippen LogP contribution in [0.3, 0.4) is 0 Å². The van der Waals surface area contributed by atoms with E-state index in [1.54, 1.807) is 18.6 Å². The first-order chi connectivity index (χ1) is 21.5. The van der Waals surface area contributed by atoms with E-state index in [4.69, 9.17) is 5.73 Å². The van der Waals surface area contributed by atoms with Crippen molar-refractivity contribution < 1.29 is 9.59 Å². The minimum atomic E-state index is -0.247. The van der Waals surface area contributed by atoms with Gasteiger partial charge in [-0.2, -0.15) is 10.2 Å². The van der Waals surface area contributed by atoms with E-state index in [-0.39, 0.29) is 11.7 Å². The molecule has 3 aliphatic heterocycles. The van der Waals surface area contributed by atoms with Gasteiger partial charge in [-0.3, -0.25) is 19.0 Å². The first kappa shape index (κ1) is 29.7. The van der Waals surface area contributed by atoms with E-state index in [0.717, 1.165) is 67.8 Å². The molecule has 1 amide bonds. The number of allylic oxidation sites excluding steroid dienone is 4. The number of pyridine rings is 1. The highest BCUT2D eigenvalue weighted by Gasteiger charge is 2.23. The lowest BCUT2D eigenvalue weighted by atomic mass is 9.93. The van der Waals surface area contributed by atoms with Crippen molar-refractivity contribution in [1.29, 1.82) is 0 Å². The zero-order valence-electron chi connectivity index (χ0n) is 25.1. The topological polar surface area (TPSA) is 148 Å². The molecule has 44 heavy (non-hydrogen) atoms. The zero-order chi connectivity index (χ0) is 30.5. The molecule has 6 heterocycles. The second-order valence-corrected chi connectivity index (χ2v) is 11.5. The number of nitrogens with one attached hydrogen (secondary N) is 3. The van der Waals surface area contributed by atoms with Crippen molar-refractivity contribution in [3.05, 3.63) is 77.0 Å². The maximum Gasteiger partial charge on any atom is 0.257 e. The van der Waals surface area contributed by atoms with E-state index in [2.05, 4.69) is 42.1 Å². The van der Waals surface area contributed by atoms with Crippen molar-refractivity contribution in [2.75, 3.05) is 56.9 Å². The van der Waals surface area contributed by atoms with E-state index < -0.39 is 0 Å². The number of Topliss-reactive ketones (excluding diaryl/α,β-unsaturated/α-hetero) is 1. The van der Waals surface area contributed by atoms with Gasteiger partial charge in [0.1, 0.15) is 5.82 Å². The molecular weight excluding hydrogens is 556 g/mol. The standard InChI is InChI=1S/C32H40N10O2/c1-40(15-9-33)13-3-5-30(43)28-20-38-41-14-2-4-22(17-29(28)41)26-8-12-35-31-27(26)16-23(18-36-31)32(44)39-24-19-37-42(21-24)25-6-10-34-11-7-25/h2,4,8,16-21,25,34H,3,5-7,9-15,33H2,1H3,(H,35,36)(H,39,44). The highest BCUT2D eigenvalue weighted by Crippen LogP contribution is 2.35. The number of carbonyl (C=O) groups is 2. The van der Waals surface area contributed by atoms with E-state index in [1.807, 2.05) is 46.9 Å². The molecule has 3 aromatic heterocycles. The van der Waals surface area contributed by atoms with Gasteiger partial charge in [0.15, 0.2) is 5.78 Å². The lowest BCUT2D eigenvalue weighted by molar-refractivity contribution is 0.0974. The lowest BCUT2D eigenvalue weighted by Gasteiger charge is -2.22. The Labute approximate surface area is 257 Å². The average molecular weight is 597 g/mol. The van der Waals surface area contributed by atoms with Crippen LogP contribution in [-0.2, 0) is 6.54 Å². The van der Waals surface area contributed by atoms with Crippen LogP contribution in [0, 0.1) is 0 Å². The molecule has 6 rings (SSSR count). The zero-order valence-corrected chi connectivity index (χ0v) is 25.1. The highest BCUT2D eigenvalue weighted by atomic mass is 16.1. The van der Waals surface area contributed by atoms with Gasteiger partial charge in [0.2, 0.25) is 0 Å². The Kier molecular flexibility index (Phi) is 9.10. The number of anilines is 2. The number of amides is 1. The van der Waals surface area contributed by atoms with Gasteiger partial charge < -0.3 is 26.6 Å². The lowest BCUT2D eigenvalue weighted by Crippen LogP contribution is -2.29. The molecule has 1 fully saturated rings. The molecule has 1 saturated heterocycles. The quantitative estimate of drug-likeness (QED) is 0.245. The summed E-state index contributed by atoms with van der Waals surface area (Å²) in [7, 11) is 2.02. The first-order valence-corrected chi connectivity index (χ1v) is 15.4. The molecule has 5 N–H and O–H groups in total. The van der Waals surface area contributed by atoms with Crippen molar-refractivity contribution in [2.24, 2.45) is 5.73 Å². The van der Waals surface area contributed by atoms with Gasteiger partial charge in [-0.25, -0.2) is 4.98 Å². The van der Waals surface area contributed by atoms with Crippen LogP contribution in [0.1, 0.15) is 63.7 Å². The fraction of sp³-hybridized carbons (Fsp3) is 0.406. The molecule has 0 radical (unpaired) electrons. The minimum absolute atomic E-state index is 0.0775. The average Bonchev–Trinajstić information content (AvgIpc) is 3.62. The number of hydrogen-bond acceptors (Lipinski definition) is 9. The summed E-state index contributed by atoms with van der Waals surface area (Å²) in [5.41, 5.74) is 10.9. The maximum atomic E-state index is 13.3. The van der Waals surface area contributed by atoms with Crippen LogP contribution in [-0.4, -0.2) is 87.5 Å². The van der Waals surface area contributed by atoms with Gasteiger partial charge in [-0.15, -0.1) is 0 Å². The van der Waals surface area contributed by atoms with Crippen molar-refractivity contribution in [3.63, 3.8) is 0 Å². The number of hydrogen-bond donors (Lipinski definition) is 4. The number of fused-ring (bicyclic) bond motifs is 2. The summed E-state index contributed by atoms with van der Waals surface area (Å²) in [6.07, 6.45) is 18.3. The van der Waals surface area contributed by atoms with Gasteiger partial charge in [-0.1, -0.05) is 18.2 Å². The fourth-order valence-corrected chi connectivity index (χ4v) is 5.97. The number of aromatic nitrogens is 5. The van der Waals surface area contributed by atoms with E-state index in [9.17, 15) is 9.59 Å². The van der Waals surface area contributed by atoms with Crippen LogP contribution >= 0.6 is 0 Å². The molecule has 12 heteroatoms. The van der Waals surface area contributed by atoms with Gasteiger partial charge in [0.25, 0.3) is 5.91 Å². The summed E-state index contributed by atoms with van der Waals surface area (Å²) in [5.74, 6) is 0.542. The molecule has 0 spiro atoms. The Hall–Kier alpha value is -4.39. The van der Waals surface area contributed by atoms with Crippen LogP contribution in [0.15, 0.2) is 54.7 Å². The summed E-state index contributed by atoms with van der Waals surface area (Å²) in [6.45, 7) is 5.32. The van der Waals surface area contributed by atoms with Crippen LogP contribution in [0.2, 0.25) is 0 Å². The largest absolute Gasteiger partial charge is 0.366 e. The minimum Gasteiger partial charge on any atom is -0.366 e. The molecule has 230 valence electrons. The summed E-state index contributed by atoms with van der Waals surface area (Å²) in [5, 5.41) is 18.7. The second-order valence-electron chi connectivity index (χ2n) is 11.5. The molecular formula is C32H40N10O2. The number of nitrogens with two attached hydrogens (primary N) is 1. The highest BCUT2D eigenvalue weighted by molar-refractivity contribution is 6.06. The number of likely N-dealkylation sites (N-methyl/N-ethyl adjacent to an activating group) is 1. The number of piperidine rings is 1. The molecule has 0 atom stereocenters. The third kappa shape index (κ3) is 6.57. The van der Waals surface area contributed by atoms with Crippen molar-refractivity contribution >= 4 is 34.8 Å². The summed E-state index contributed by atoms with van der Waals surface area (Å²) >= 11 is 0. The normalized spacial score (nSPS) is 16.4. The molecule has 3 aromatic rings. The third-order valence-electron chi connectivity index (χ3n) is 8.37. The Morgan fingerprint density at radius 1 is 1.16 bits per heavy atom. The Morgan fingerprint density at radius 2 is 2.02 bits per heavy atom. The molecule has 12 nitrogen and oxygen atoms in total. The summed E-state index contributed by atoms with van der Waals surface area (Å²) in [4.78, 5) is 33.3. The number of nitrogens with zero attached hydrogens (tertiary/aromatic N) is 6. The number of ketones is 1. The van der Waals surface area contributed by atoms with Gasteiger partial charge >= 0.3 is 0 Å². The number of carbonyl (C=O) groups excluding carboxylic acids is 2. The Bertz CT molecular complexity index is 1610. The smallest absolute Gasteiger partial charge is 0.257 e. The van der Waals surface area contributed by atoms with Crippen LogP contribution in [0.4, 0.5) is 11.5 Å². The predicted molar refractivity (Wildman–Crippen MR) is 171 cm³/mol. The molecule has 0 saturated carbocycles. The van der Waals surface area contributed by atoms with Crippen LogP contribution in [0.25, 0.3) is 11.6 Å². The molecule has 0 aromatic carbocycles. The maximum absolute atomic E-state index is 13.3. The summed E-state index contributed by atoms with van der Waals surface area (Å²) in [6, 6.07) is 2.20. The van der Waals surface area contributed by atoms with Gasteiger partial charge in [0.05, 0.1) is 47.5 Å². The third-order valence-corrected chi connectivity index (χ3v) is 8.37. The SMILES string of the molecule is CN(CCN)CCCC(=O)c1cnn2c1C=C(C1=CCNc3ncc(C(=O)Nc4cnn(C5CCNCC5)c4)cc31)C=CC2. The molecule has 0 unspecified atom stereocenters. The second kappa shape index (κ2) is 13.5. The first-order valence-electron chi connectivity index (χ1n) is 15.4. The molecule has 3 aliphatic rings. The van der Waals surface area contributed by atoms with E-state index in [0.29, 0.717) is 54.7 Å².